The molecule has 3 atom stereocenters. The summed E-state index contributed by atoms with van der Waals surface area (Å²) in [5.41, 5.74) is 0.605. The van der Waals surface area contributed by atoms with E-state index in [0.717, 1.165) is 24.2 Å². The SMILES string of the molecule is CSc1ccc(Oc2ncnc(O[C@H]3CC4CCC3N4C(=O)SC(C)C)c2C)c(F)c1. The first-order valence-corrected chi connectivity index (χ1v) is 12.5. The van der Waals surface area contributed by atoms with Crippen molar-refractivity contribution in [3.05, 3.63) is 35.9 Å². The van der Waals surface area contributed by atoms with Crippen LogP contribution in [0.25, 0.3) is 0 Å². The highest BCUT2D eigenvalue weighted by Crippen LogP contribution is 2.42. The zero-order chi connectivity index (χ0) is 22.1. The minimum atomic E-state index is -0.447. The number of rotatable bonds is 6. The fourth-order valence-corrected chi connectivity index (χ4v) is 5.42. The van der Waals surface area contributed by atoms with Gasteiger partial charge >= 0.3 is 0 Å². The Labute approximate surface area is 190 Å². The number of hydrogen-bond donors (Lipinski definition) is 0. The van der Waals surface area contributed by atoms with Crippen molar-refractivity contribution < 1.29 is 18.7 Å². The topological polar surface area (TPSA) is 64.6 Å². The summed E-state index contributed by atoms with van der Waals surface area (Å²) in [5.74, 6) is 0.324. The minimum Gasteiger partial charge on any atom is -0.472 e. The lowest BCUT2D eigenvalue weighted by Crippen LogP contribution is -2.37. The Morgan fingerprint density at radius 2 is 2.03 bits per heavy atom. The molecule has 2 aromatic rings. The summed E-state index contributed by atoms with van der Waals surface area (Å²) in [6, 6.07) is 5.10. The smallest absolute Gasteiger partial charge is 0.282 e. The van der Waals surface area contributed by atoms with Gasteiger partial charge in [-0.25, -0.2) is 14.4 Å². The molecule has 9 heteroatoms. The molecule has 0 saturated carbocycles. The van der Waals surface area contributed by atoms with E-state index in [1.54, 1.807) is 19.1 Å². The summed E-state index contributed by atoms with van der Waals surface area (Å²) in [4.78, 5) is 23.9. The Kier molecular flexibility index (Phi) is 6.62. The second-order valence-electron chi connectivity index (χ2n) is 8.04. The maximum absolute atomic E-state index is 14.3. The van der Waals surface area contributed by atoms with E-state index in [9.17, 15) is 9.18 Å². The van der Waals surface area contributed by atoms with Gasteiger partial charge in [0.15, 0.2) is 11.6 Å². The molecule has 1 aromatic carbocycles. The van der Waals surface area contributed by atoms with E-state index in [4.69, 9.17) is 9.47 Å². The van der Waals surface area contributed by atoms with Crippen molar-refractivity contribution in [3.8, 4) is 17.5 Å². The molecule has 0 aliphatic carbocycles. The van der Waals surface area contributed by atoms with E-state index >= 15 is 0 Å². The van der Waals surface area contributed by atoms with Gasteiger partial charge < -0.3 is 14.4 Å². The van der Waals surface area contributed by atoms with Crippen LogP contribution >= 0.6 is 23.5 Å². The summed E-state index contributed by atoms with van der Waals surface area (Å²) in [5, 5.41) is 0.377. The third-order valence-corrected chi connectivity index (χ3v) is 7.24. The molecule has 31 heavy (non-hydrogen) atoms. The van der Waals surface area contributed by atoms with Gasteiger partial charge in [-0.2, -0.15) is 0 Å². The van der Waals surface area contributed by atoms with Gasteiger partial charge in [0.2, 0.25) is 11.8 Å². The Morgan fingerprint density at radius 1 is 1.26 bits per heavy atom. The molecule has 0 N–H and O–H groups in total. The number of carbonyl (C=O) groups excluding carboxylic acids is 1. The number of amides is 1. The Bertz CT molecular complexity index is 975. The van der Waals surface area contributed by atoms with Crippen LogP contribution in [0.15, 0.2) is 29.4 Å². The number of carbonyl (C=O) groups is 1. The molecule has 0 radical (unpaired) electrons. The Morgan fingerprint density at radius 3 is 2.74 bits per heavy atom. The standard InChI is InChI=1S/C22H26FN3O3S2/c1-12(2)31-22(27)26-14-5-7-17(26)19(9-14)29-21-13(3)20(24-11-25-21)28-18-8-6-15(30-4)10-16(18)23/h6,8,10-12,14,17,19H,5,7,9H2,1-4H3/t14?,17?,19-/m0/s1. The molecule has 2 saturated heterocycles. The number of ether oxygens (including phenoxy) is 2. The van der Waals surface area contributed by atoms with Crippen LogP contribution in [0.1, 0.15) is 38.7 Å². The van der Waals surface area contributed by atoms with Crippen molar-refractivity contribution in [1.82, 2.24) is 14.9 Å². The first-order valence-electron chi connectivity index (χ1n) is 10.4. The molecule has 2 aliphatic rings. The first-order chi connectivity index (χ1) is 14.9. The third kappa shape index (κ3) is 4.62. The number of thioether (sulfide) groups is 2. The van der Waals surface area contributed by atoms with E-state index in [1.165, 1.54) is 35.9 Å². The maximum Gasteiger partial charge on any atom is 0.282 e. The largest absolute Gasteiger partial charge is 0.472 e. The molecule has 3 heterocycles. The van der Waals surface area contributed by atoms with Crippen LogP contribution in [0.4, 0.5) is 9.18 Å². The number of aromatic nitrogens is 2. The predicted octanol–water partition coefficient (Wildman–Crippen LogP) is 5.68. The molecule has 2 aliphatic heterocycles. The lowest BCUT2D eigenvalue weighted by Gasteiger charge is -2.25. The van der Waals surface area contributed by atoms with E-state index in [-0.39, 0.29) is 40.3 Å². The number of halogens is 1. The van der Waals surface area contributed by atoms with Crippen molar-refractivity contribution in [2.24, 2.45) is 0 Å². The molecule has 1 aromatic heterocycles. The normalized spacial score (nSPS) is 22.3. The molecule has 2 fully saturated rings. The lowest BCUT2D eigenvalue weighted by atomic mass is 9.98. The summed E-state index contributed by atoms with van der Waals surface area (Å²) >= 11 is 2.83. The number of benzene rings is 1. The molecule has 2 bridgehead atoms. The molecule has 6 nitrogen and oxygen atoms in total. The zero-order valence-electron chi connectivity index (χ0n) is 18.0. The molecule has 1 amide bonds. The van der Waals surface area contributed by atoms with E-state index in [0.29, 0.717) is 11.4 Å². The molecule has 2 unspecified atom stereocenters. The summed E-state index contributed by atoms with van der Waals surface area (Å²) in [6.45, 7) is 5.85. The number of fused-ring (bicyclic) bond motifs is 2. The maximum atomic E-state index is 14.3. The average molecular weight is 464 g/mol. The summed E-state index contributed by atoms with van der Waals surface area (Å²) in [6.07, 6.45) is 5.86. The van der Waals surface area contributed by atoms with Gasteiger partial charge in [0.05, 0.1) is 11.6 Å². The van der Waals surface area contributed by atoms with Crippen molar-refractivity contribution in [3.63, 3.8) is 0 Å². The van der Waals surface area contributed by atoms with Crippen LogP contribution in [-0.2, 0) is 0 Å². The van der Waals surface area contributed by atoms with Crippen LogP contribution in [0, 0.1) is 12.7 Å². The quantitative estimate of drug-likeness (QED) is 0.510. The van der Waals surface area contributed by atoms with Crippen LogP contribution in [0.3, 0.4) is 0 Å². The van der Waals surface area contributed by atoms with Crippen LogP contribution < -0.4 is 9.47 Å². The molecule has 4 rings (SSSR count). The number of nitrogens with zero attached hydrogens (tertiary/aromatic N) is 3. The van der Waals surface area contributed by atoms with Gasteiger partial charge in [0.25, 0.3) is 5.24 Å². The van der Waals surface area contributed by atoms with E-state index in [1.807, 2.05) is 25.0 Å². The highest BCUT2D eigenvalue weighted by molar-refractivity contribution is 8.14. The minimum absolute atomic E-state index is 0.0546. The lowest BCUT2D eigenvalue weighted by molar-refractivity contribution is 0.145. The van der Waals surface area contributed by atoms with Crippen molar-refractivity contribution in [2.75, 3.05) is 6.26 Å². The van der Waals surface area contributed by atoms with Crippen LogP contribution in [0.2, 0.25) is 0 Å². The molecular formula is C22H26FN3O3S2. The second kappa shape index (κ2) is 9.24. The molecule has 166 valence electrons. The van der Waals surface area contributed by atoms with Crippen molar-refractivity contribution in [2.45, 2.75) is 68.4 Å². The highest BCUT2D eigenvalue weighted by Gasteiger charge is 2.50. The first kappa shape index (κ1) is 22.2. The van der Waals surface area contributed by atoms with Gasteiger partial charge in [-0.1, -0.05) is 25.6 Å². The monoisotopic (exact) mass is 463 g/mol. The van der Waals surface area contributed by atoms with Crippen molar-refractivity contribution >= 4 is 28.8 Å². The number of hydrogen-bond acceptors (Lipinski definition) is 7. The van der Waals surface area contributed by atoms with Gasteiger partial charge in [0, 0.05) is 22.6 Å². The highest BCUT2D eigenvalue weighted by atomic mass is 32.2. The second-order valence-corrected chi connectivity index (χ2v) is 10.4. The van der Waals surface area contributed by atoms with Crippen molar-refractivity contribution in [1.29, 1.82) is 0 Å². The van der Waals surface area contributed by atoms with E-state index < -0.39 is 5.82 Å². The fourth-order valence-electron chi connectivity index (χ4n) is 4.19. The van der Waals surface area contributed by atoms with Crippen LogP contribution in [0.5, 0.6) is 17.5 Å². The summed E-state index contributed by atoms with van der Waals surface area (Å²) in [7, 11) is 0. The van der Waals surface area contributed by atoms with Gasteiger partial charge in [-0.3, -0.25) is 4.79 Å². The zero-order valence-corrected chi connectivity index (χ0v) is 19.6. The van der Waals surface area contributed by atoms with E-state index in [2.05, 4.69) is 9.97 Å². The summed E-state index contributed by atoms with van der Waals surface area (Å²) < 4.78 is 26.3. The predicted molar refractivity (Wildman–Crippen MR) is 121 cm³/mol. The van der Waals surface area contributed by atoms with Gasteiger partial charge in [-0.15, -0.1) is 11.8 Å². The fraction of sp³-hybridized carbons (Fsp3) is 0.500. The van der Waals surface area contributed by atoms with Gasteiger partial charge in [-0.05, 0) is 44.2 Å². The Hall–Kier alpha value is -2.00. The molecular weight excluding hydrogens is 437 g/mol. The van der Waals surface area contributed by atoms with Crippen LogP contribution in [-0.4, -0.2) is 49.8 Å². The van der Waals surface area contributed by atoms with Gasteiger partial charge in [0.1, 0.15) is 12.4 Å². The average Bonchev–Trinajstić information content (AvgIpc) is 3.29. The third-order valence-electron chi connectivity index (χ3n) is 5.63. The Balaban J connectivity index is 1.49. The molecule has 0 spiro atoms.